The molecule has 0 aromatic rings. The van der Waals surface area contributed by atoms with Gasteiger partial charge in [-0.1, -0.05) is 160 Å². The van der Waals surface area contributed by atoms with Crippen molar-refractivity contribution in [2.75, 3.05) is 54.1 Å². The van der Waals surface area contributed by atoms with Crippen LogP contribution in [0.15, 0.2) is 24.3 Å². The van der Waals surface area contributed by atoms with Crippen LogP contribution < -0.4 is 4.89 Å². The fourth-order valence-electron chi connectivity index (χ4n) is 5.87. The molecule has 52 heavy (non-hydrogen) atoms. The Morgan fingerprint density at radius 1 is 0.596 bits per heavy atom. The highest BCUT2D eigenvalue weighted by Gasteiger charge is 2.20. The standard InChI is InChI=1S/C43H84NO7P/c1-6-8-10-12-14-16-17-18-19-20-21-22-23-24-25-26-27-28-29-31-33-35-38-48-40-42(41-50-52(46,47)49-39-37-44(3,4)5)51-43(45)36-34-32-30-15-13-11-9-7-2/h17-18,20-21,42H,6-16,19,22-41H2,1-5H3/b18-17-,21-20-. The molecule has 0 N–H and O–H groups in total. The number of quaternary nitrogens is 1. The van der Waals surface area contributed by atoms with Crippen molar-refractivity contribution in [3.63, 3.8) is 0 Å². The minimum atomic E-state index is -4.51. The molecule has 0 fully saturated rings. The summed E-state index contributed by atoms with van der Waals surface area (Å²) in [5, 5.41) is 0. The zero-order valence-electron chi connectivity index (χ0n) is 34.8. The van der Waals surface area contributed by atoms with E-state index in [0.717, 1.165) is 38.5 Å². The molecule has 0 aromatic carbocycles. The molecule has 0 aliphatic rings. The number of carbonyl (C=O) groups excluding carboxylic acids is 1. The van der Waals surface area contributed by atoms with Crippen LogP contribution in [0.1, 0.15) is 187 Å². The topological polar surface area (TPSA) is 94.1 Å². The van der Waals surface area contributed by atoms with E-state index in [1.165, 1.54) is 128 Å². The van der Waals surface area contributed by atoms with Gasteiger partial charge in [-0.3, -0.25) is 9.36 Å². The minimum Gasteiger partial charge on any atom is -0.756 e. The Morgan fingerprint density at radius 3 is 1.56 bits per heavy atom. The first-order valence-corrected chi connectivity index (χ1v) is 23.0. The summed E-state index contributed by atoms with van der Waals surface area (Å²) in [5.74, 6) is -0.339. The van der Waals surface area contributed by atoms with Crippen molar-refractivity contribution in [2.24, 2.45) is 0 Å². The van der Waals surface area contributed by atoms with E-state index in [1.54, 1.807) is 0 Å². The smallest absolute Gasteiger partial charge is 0.306 e. The number of esters is 1. The van der Waals surface area contributed by atoms with Gasteiger partial charge >= 0.3 is 5.97 Å². The molecule has 308 valence electrons. The number of rotatable bonds is 40. The highest BCUT2D eigenvalue weighted by molar-refractivity contribution is 7.45. The van der Waals surface area contributed by atoms with Gasteiger partial charge in [0.25, 0.3) is 7.82 Å². The van der Waals surface area contributed by atoms with Gasteiger partial charge < -0.3 is 27.9 Å². The molecule has 0 aromatic heterocycles. The maximum absolute atomic E-state index is 12.6. The molecule has 8 nitrogen and oxygen atoms in total. The lowest BCUT2D eigenvalue weighted by Gasteiger charge is -2.28. The van der Waals surface area contributed by atoms with Crippen LogP contribution in [-0.4, -0.2) is 70.7 Å². The number of unbranched alkanes of at least 4 members (excludes halogenated alkanes) is 22. The highest BCUT2D eigenvalue weighted by Crippen LogP contribution is 2.38. The molecule has 0 aliphatic heterocycles. The number of hydrogen-bond acceptors (Lipinski definition) is 7. The molecule has 0 saturated carbocycles. The summed E-state index contributed by atoms with van der Waals surface area (Å²) in [5.41, 5.74) is 0. The fourth-order valence-corrected chi connectivity index (χ4v) is 6.60. The number of phosphoric acid groups is 1. The van der Waals surface area contributed by atoms with E-state index in [9.17, 15) is 14.3 Å². The Bertz CT molecular complexity index is 889. The molecule has 0 saturated heterocycles. The second-order valence-electron chi connectivity index (χ2n) is 15.7. The molecule has 2 atom stereocenters. The van der Waals surface area contributed by atoms with Crippen molar-refractivity contribution < 1.29 is 37.3 Å². The van der Waals surface area contributed by atoms with Gasteiger partial charge in [0.2, 0.25) is 0 Å². The number of carbonyl (C=O) groups is 1. The molecule has 2 unspecified atom stereocenters. The third kappa shape index (κ3) is 40.2. The van der Waals surface area contributed by atoms with E-state index in [1.807, 2.05) is 21.1 Å². The number of ether oxygens (including phenoxy) is 2. The van der Waals surface area contributed by atoms with E-state index in [-0.39, 0.29) is 25.8 Å². The Balaban J connectivity index is 4.07. The number of hydrogen-bond donors (Lipinski definition) is 0. The second-order valence-corrected chi connectivity index (χ2v) is 17.1. The first-order chi connectivity index (χ1) is 25.1. The van der Waals surface area contributed by atoms with Gasteiger partial charge in [-0.15, -0.1) is 0 Å². The third-order valence-corrected chi connectivity index (χ3v) is 10.2. The summed E-state index contributed by atoms with van der Waals surface area (Å²) in [6, 6.07) is 0. The monoisotopic (exact) mass is 758 g/mol. The number of phosphoric ester groups is 1. The summed E-state index contributed by atoms with van der Waals surface area (Å²) < 4.78 is 34.4. The molecule has 9 heteroatoms. The lowest BCUT2D eigenvalue weighted by atomic mass is 10.1. The lowest BCUT2D eigenvalue weighted by molar-refractivity contribution is -0.870. The quantitative estimate of drug-likeness (QED) is 0.0202. The Kier molecular flexibility index (Phi) is 36.2. The summed E-state index contributed by atoms with van der Waals surface area (Å²) in [4.78, 5) is 24.9. The van der Waals surface area contributed by atoms with Gasteiger partial charge in [-0.25, -0.2) is 0 Å². The zero-order valence-corrected chi connectivity index (χ0v) is 35.7. The van der Waals surface area contributed by atoms with E-state index >= 15 is 0 Å². The predicted molar refractivity (Wildman–Crippen MR) is 217 cm³/mol. The highest BCUT2D eigenvalue weighted by atomic mass is 31.2. The van der Waals surface area contributed by atoms with Crippen molar-refractivity contribution in [3.05, 3.63) is 24.3 Å². The van der Waals surface area contributed by atoms with Gasteiger partial charge in [-0.2, -0.15) is 0 Å². The largest absolute Gasteiger partial charge is 0.756 e. The van der Waals surface area contributed by atoms with Crippen LogP contribution in [0.4, 0.5) is 0 Å². The van der Waals surface area contributed by atoms with Gasteiger partial charge in [0, 0.05) is 13.0 Å². The number of nitrogens with zero attached hydrogens (tertiary/aromatic N) is 1. The number of allylic oxidation sites excluding steroid dienone is 4. The average molecular weight is 758 g/mol. The Labute approximate surface area is 322 Å². The fraction of sp³-hybridized carbons (Fsp3) is 0.884. The Hall–Kier alpha value is -1.02. The maximum atomic E-state index is 12.6. The van der Waals surface area contributed by atoms with Crippen LogP contribution >= 0.6 is 7.82 Å². The SMILES string of the molecule is CCCCCCC/C=C\C/C=C\CCCCCCCCCCCCOCC(COP(=O)([O-])OCC[N+](C)(C)C)OC(=O)CCCCCCCCCC. The van der Waals surface area contributed by atoms with Crippen molar-refractivity contribution in [2.45, 2.75) is 193 Å². The van der Waals surface area contributed by atoms with E-state index < -0.39 is 13.9 Å². The van der Waals surface area contributed by atoms with Crippen LogP contribution in [0.3, 0.4) is 0 Å². The van der Waals surface area contributed by atoms with Crippen LogP contribution in [0.25, 0.3) is 0 Å². The first kappa shape index (κ1) is 51.0. The molecule has 0 amide bonds. The van der Waals surface area contributed by atoms with Gasteiger partial charge in [0.05, 0.1) is 34.4 Å². The lowest BCUT2D eigenvalue weighted by Crippen LogP contribution is -2.37. The van der Waals surface area contributed by atoms with Crippen LogP contribution in [0.2, 0.25) is 0 Å². The second kappa shape index (κ2) is 36.9. The summed E-state index contributed by atoms with van der Waals surface area (Å²) >= 11 is 0. The average Bonchev–Trinajstić information content (AvgIpc) is 3.09. The van der Waals surface area contributed by atoms with Crippen LogP contribution in [0.5, 0.6) is 0 Å². The molecule has 0 heterocycles. The summed E-state index contributed by atoms with van der Waals surface area (Å²) in [6.45, 7) is 5.38. The zero-order chi connectivity index (χ0) is 38.4. The van der Waals surface area contributed by atoms with Gasteiger partial charge in [0.1, 0.15) is 19.3 Å². The van der Waals surface area contributed by atoms with Crippen molar-refractivity contribution >= 4 is 13.8 Å². The molecule has 0 radical (unpaired) electrons. The molecule has 0 spiro atoms. The molecule has 0 aliphatic carbocycles. The minimum absolute atomic E-state index is 0.0271. The van der Waals surface area contributed by atoms with Gasteiger partial charge in [-0.05, 0) is 44.9 Å². The molecular weight excluding hydrogens is 673 g/mol. The van der Waals surface area contributed by atoms with E-state index in [2.05, 4.69) is 38.2 Å². The summed E-state index contributed by atoms with van der Waals surface area (Å²) in [7, 11) is 1.36. The first-order valence-electron chi connectivity index (χ1n) is 21.6. The molecular formula is C43H84NO7P. The number of likely N-dealkylation sites (N-methyl/N-ethyl adjacent to an activating group) is 1. The third-order valence-electron chi connectivity index (χ3n) is 9.26. The van der Waals surface area contributed by atoms with Crippen molar-refractivity contribution in [1.29, 1.82) is 0 Å². The normalized spacial score (nSPS) is 14.0. The van der Waals surface area contributed by atoms with Crippen LogP contribution in [-0.2, 0) is 27.9 Å². The molecule has 0 rings (SSSR count). The van der Waals surface area contributed by atoms with Crippen LogP contribution in [0, 0.1) is 0 Å². The maximum Gasteiger partial charge on any atom is 0.306 e. The Morgan fingerprint density at radius 2 is 1.06 bits per heavy atom. The van der Waals surface area contributed by atoms with Crippen molar-refractivity contribution in [3.8, 4) is 0 Å². The summed E-state index contributed by atoms with van der Waals surface area (Å²) in [6.07, 6.45) is 40.6. The van der Waals surface area contributed by atoms with Crippen molar-refractivity contribution in [1.82, 2.24) is 0 Å². The molecule has 0 bridgehead atoms. The van der Waals surface area contributed by atoms with E-state index in [4.69, 9.17) is 18.5 Å². The van der Waals surface area contributed by atoms with Gasteiger partial charge in [0.15, 0.2) is 0 Å². The predicted octanol–water partition coefficient (Wildman–Crippen LogP) is 11.8. The van der Waals surface area contributed by atoms with E-state index in [0.29, 0.717) is 24.1 Å².